The Kier molecular flexibility index (Phi) is 16.4. The minimum atomic E-state index is -0.628. The third kappa shape index (κ3) is 12.5. The number of benzene rings is 4. The van der Waals surface area contributed by atoms with E-state index >= 15 is 0 Å². The molecule has 0 atom stereocenters. The van der Waals surface area contributed by atoms with Crippen molar-refractivity contribution < 1.29 is 23.9 Å². The van der Waals surface area contributed by atoms with Gasteiger partial charge in [0.15, 0.2) is 0 Å². The first-order valence-electron chi connectivity index (χ1n) is 18.6. The van der Waals surface area contributed by atoms with E-state index in [9.17, 15) is 9.59 Å². The number of nitrogens with two attached hydrogens (primary N) is 1. The first-order valence-corrected chi connectivity index (χ1v) is 18.6. The van der Waals surface area contributed by atoms with Crippen molar-refractivity contribution in [2.24, 2.45) is 5.16 Å². The highest BCUT2D eigenvalue weighted by Crippen LogP contribution is 2.37. The third-order valence-corrected chi connectivity index (χ3v) is 9.64. The quantitative estimate of drug-likeness (QED) is 0.0420. The lowest BCUT2D eigenvalue weighted by Gasteiger charge is -2.40. The molecular formula is C43H55N5O5. The zero-order valence-electron chi connectivity index (χ0n) is 31.6. The van der Waals surface area contributed by atoms with Gasteiger partial charge in [-0.2, -0.15) is 0 Å². The maximum Gasteiger partial charge on any atom is 0.437 e. The van der Waals surface area contributed by atoms with Crippen molar-refractivity contribution in [3.63, 3.8) is 0 Å². The van der Waals surface area contributed by atoms with Crippen LogP contribution in [0.15, 0.2) is 114 Å². The van der Waals surface area contributed by atoms with Crippen LogP contribution in [-0.4, -0.2) is 80.6 Å². The second kappa shape index (κ2) is 21.4. The van der Waals surface area contributed by atoms with Crippen molar-refractivity contribution in [1.29, 1.82) is 0 Å². The molecule has 4 aromatic rings. The molecule has 0 saturated carbocycles. The monoisotopic (exact) mass is 721 g/mol. The molecule has 10 nitrogen and oxygen atoms in total. The summed E-state index contributed by atoms with van der Waals surface area (Å²) in [5.74, 6) is 0.638. The Bertz CT molecular complexity index is 1690. The number of anilines is 2. The van der Waals surface area contributed by atoms with E-state index in [1.165, 1.54) is 5.56 Å². The molecule has 1 saturated heterocycles. The predicted octanol–water partition coefficient (Wildman–Crippen LogP) is 7.79. The molecule has 0 bridgehead atoms. The van der Waals surface area contributed by atoms with Crippen LogP contribution in [0.3, 0.4) is 0 Å². The second-order valence-electron chi connectivity index (χ2n) is 12.9. The summed E-state index contributed by atoms with van der Waals surface area (Å²) in [4.78, 5) is 34.7. The first kappa shape index (κ1) is 40.6. The van der Waals surface area contributed by atoms with E-state index in [-0.39, 0.29) is 5.97 Å². The van der Waals surface area contributed by atoms with Crippen LogP contribution in [0.1, 0.15) is 56.7 Å². The Morgan fingerprint density at radius 3 is 2.06 bits per heavy atom. The first-order chi connectivity index (χ1) is 25.8. The van der Waals surface area contributed by atoms with Gasteiger partial charge in [0.2, 0.25) is 0 Å². The Balaban J connectivity index is 0.000000237. The van der Waals surface area contributed by atoms with Gasteiger partial charge in [0.1, 0.15) is 5.75 Å². The Labute approximate surface area is 314 Å². The van der Waals surface area contributed by atoms with Crippen molar-refractivity contribution in [1.82, 2.24) is 9.80 Å². The lowest BCUT2D eigenvalue weighted by atomic mass is 9.72. The molecular weight excluding hydrogens is 667 g/mol. The number of esters is 1. The molecule has 1 heterocycles. The predicted molar refractivity (Wildman–Crippen MR) is 213 cm³/mol. The van der Waals surface area contributed by atoms with Gasteiger partial charge in [-0.15, -0.1) is 0 Å². The Morgan fingerprint density at radius 2 is 1.47 bits per heavy atom. The van der Waals surface area contributed by atoms with Crippen molar-refractivity contribution in [3.05, 3.63) is 126 Å². The number of carbonyl (C=O) groups is 2. The van der Waals surface area contributed by atoms with E-state index in [1.807, 2.05) is 67.6 Å². The van der Waals surface area contributed by atoms with Crippen molar-refractivity contribution in [3.8, 4) is 5.75 Å². The van der Waals surface area contributed by atoms with Gasteiger partial charge in [-0.05, 0) is 105 Å². The molecule has 4 aromatic carbocycles. The summed E-state index contributed by atoms with van der Waals surface area (Å²) in [5.41, 5.74) is 10.7. The molecule has 0 spiro atoms. The zero-order valence-corrected chi connectivity index (χ0v) is 31.6. The molecule has 1 aliphatic heterocycles. The van der Waals surface area contributed by atoms with Crippen LogP contribution in [0.25, 0.3) is 0 Å². The number of nitrogens with zero attached hydrogens (tertiary/aromatic N) is 3. The standard InChI is InChI=1S/C22H28N2O2.C21H27N3O3/c1-2-26-21(25)22(19-6-4-3-5-7-19)13-16-24(17-14-22)15-12-18-8-10-20(23)11-9-18;1-4-24(5-2)16-15-20(17-9-7-6-8-10-17)23-27-21(25)22-18-11-13-19(26-3)14-12-18/h3-11H,2,12-17,23H2,1H3;6-14H,4-5,15-16H2,1-3H3,(H,22,25)/b;23-20-. The number of carbonyl (C=O) groups excluding carboxylic acids is 2. The highest BCUT2D eigenvalue weighted by Gasteiger charge is 2.44. The fourth-order valence-electron chi connectivity index (χ4n) is 6.36. The van der Waals surface area contributed by atoms with Crippen molar-refractivity contribution in [2.75, 3.05) is 64.0 Å². The third-order valence-electron chi connectivity index (χ3n) is 9.64. The van der Waals surface area contributed by atoms with Gasteiger partial charge in [0, 0.05) is 30.9 Å². The van der Waals surface area contributed by atoms with Crippen LogP contribution in [0, 0.1) is 0 Å². The fourth-order valence-corrected chi connectivity index (χ4v) is 6.36. The summed E-state index contributed by atoms with van der Waals surface area (Å²) in [6.45, 7) is 12.2. The molecule has 53 heavy (non-hydrogen) atoms. The van der Waals surface area contributed by atoms with Crippen LogP contribution in [0.2, 0.25) is 0 Å². The van der Waals surface area contributed by atoms with E-state index in [0.29, 0.717) is 18.7 Å². The van der Waals surface area contributed by atoms with Crippen LogP contribution in [0.4, 0.5) is 16.2 Å². The lowest BCUT2D eigenvalue weighted by molar-refractivity contribution is -0.152. The van der Waals surface area contributed by atoms with E-state index in [2.05, 4.69) is 58.4 Å². The number of ether oxygens (including phenoxy) is 2. The van der Waals surface area contributed by atoms with Gasteiger partial charge in [0.05, 0.1) is 24.8 Å². The van der Waals surface area contributed by atoms with Gasteiger partial charge in [-0.25, -0.2) is 4.79 Å². The molecule has 10 heteroatoms. The van der Waals surface area contributed by atoms with Crippen molar-refractivity contribution >= 4 is 29.1 Å². The summed E-state index contributed by atoms with van der Waals surface area (Å²) < 4.78 is 10.5. The van der Waals surface area contributed by atoms with Crippen LogP contribution in [0.5, 0.6) is 5.75 Å². The molecule has 0 aromatic heterocycles. The number of oxime groups is 1. The van der Waals surface area contributed by atoms with E-state index in [1.54, 1.807) is 31.4 Å². The molecule has 0 aliphatic carbocycles. The minimum absolute atomic E-state index is 0.0793. The maximum absolute atomic E-state index is 12.8. The Hall–Kier alpha value is -5.19. The van der Waals surface area contributed by atoms with Gasteiger partial charge in [-0.1, -0.05) is 91.8 Å². The minimum Gasteiger partial charge on any atom is -0.497 e. The number of rotatable bonds is 15. The molecule has 0 unspecified atom stereocenters. The molecule has 5 rings (SSSR count). The van der Waals surface area contributed by atoms with Gasteiger partial charge in [-0.3, -0.25) is 14.9 Å². The summed E-state index contributed by atoms with van der Waals surface area (Å²) in [7, 11) is 1.59. The largest absolute Gasteiger partial charge is 0.497 e. The number of likely N-dealkylation sites (tertiary alicyclic amines) is 1. The van der Waals surface area contributed by atoms with Gasteiger partial charge in [0.25, 0.3) is 0 Å². The van der Waals surface area contributed by atoms with Crippen LogP contribution in [-0.2, 0) is 26.2 Å². The zero-order chi connectivity index (χ0) is 37.9. The fraction of sp³-hybridized carbons (Fsp3) is 0.372. The van der Waals surface area contributed by atoms with E-state index in [0.717, 1.165) is 86.8 Å². The smallest absolute Gasteiger partial charge is 0.437 e. The number of methoxy groups -OCH3 is 1. The average Bonchev–Trinajstić information content (AvgIpc) is 3.20. The number of nitrogen functional groups attached to an aromatic ring is 1. The normalized spacial score (nSPS) is 14.1. The van der Waals surface area contributed by atoms with Crippen LogP contribution < -0.4 is 15.8 Å². The van der Waals surface area contributed by atoms with Crippen LogP contribution >= 0.6 is 0 Å². The molecule has 1 amide bonds. The van der Waals surface area contributed by atoms with Crippen molar-refractivity contribution in [2.45, 2.75) is 51.9 Å². The number of hydrogen-bond acceptors (Lipinski definition) is 9. The van der Waals surface area contributed by atoms with Gasteiger partial charge >= 0.3 is 12.1 Å². The van der Waals surface area contributed by atoms with E-state index < -0.39 is 11.5 Å². The number of amides is 1. The lowest BCUT2D eigenvalue weighted by Crippen LogP contribution is -2.48. The molecule has 3 N–H and O–H groups in total. The average molecular weight is 722 g/mol. The maximum atomic E-state index is 12.8. The molecule has 1 aliphatic rings. The number of piperidine rings is 1. The van der Waals surface area contributed by atoms with Gasteiger partial charge < -0.3 is 25.0 Å². The summed E-state index contributed by atoms with van der Waals surface area (Å²) >= 11 is 0. The Morgan fingerprint density at radius 1 is 0.849 bits per heavy atom. The molecule has 1 fully saturated rings. The molecule has 0 radical (unpaired) electrons. The van der Waals surface area contributed by atoms with E-state index in [4.69, 9.17) is 20.0 Å². The topological polar surface area (TPSA) is 119 Å². The second-order valence-corrected chi connectivity index (χ2v) is 12.9. The summed E-state index contributed by atoms with van der Waals surface area (Å²) in [5, 5.41) is 6.77. The number of hydrogen-bond donors (Lipinski definition) is 2. The highest BCUT2D eigenvalue weighted by atomic mass is 16.7. The SMILES string of the molecule is CCN(CC)CC/C(=N/OC(=O)Nc1ccc(OC)cc1)c1ccccc1.CCOC(=O)C1(c2ccccc2)CCN(CCc2ccc(N)cc2)CC1. The molecule has 282 valence electrons. The number of nitrogens with one attached hydrogen (secondary N) is 1. The highest BCUT2D eigenvalue weighted by molar-refractivity contribution is 6.00. The summed E-state index contributed by atoms with van der Waals surface area (Å²) in [6.07, 6.45) is 2.67. The summed E-state index contributed by atoms with van der Waals surface area (Å²) in [6, 6.07) is 35.0.